The third-order valence-corrected chi connectivity index (χ3v) is 6.62. The van der Waals surface area contributed by atoms with Gasteiger partial charge in [0.15, 0.2) is 0 Å². The van der Waals surface area contributed by atoms with Crippen LogP contribution in [-0.2, 0) is 22.6 Å². The lowest BCUT2D eigenvalue weighted by molar-refractivity contribution is 0.0964. The second-order valence-electron chi connectivity index (χ2n) is 8.76. The van der Waals surface area contributed by atoms with E-state index in [-0.39, 0.29) is 24.8 Å². The van der Waals surface area contributed by atoms with Crippen LogP contribution >= 0.6 is 11.3 Å². The Morgan fingerprint density at radius 3 is 2.66 bits per heavy atom. The van der Waals surface area contributed by atoms with E-state index in [2.05, 4.69) is 5.10 Å². The number of hydrazone groups is 1. The Bertz CT molecular complexity index is 1130. The standard InChI is InChI=1S/C21H30N4O6S/c1-13-15(11-22-25(20(28)29)21(2,3)4)32-18-16(13)17(26)23(8-10-30-5)19(27)24(18)12-14-7-6-9-31-14/h11,14H,6-10,12H2,1-5H3,(H,28,29). The molecular weight excluding hydrogens is 436 g/mol. The topological polar surface area (TPSA) is 115 Å². The van der Waals surface area contributed by atoms with Crippen molar-refractivity contribution in [3.8, 4) is 0 Å². The number of carboxylic acid groups (broad SMARTS) is 1. The zero-order chi connectivity index (χ0) is 23.6. The van der Waals surface area contributed by atoms with E-state index in [9.17, 15) is 19.5 Å². The van der Waals surface area contributed by atoms with Crippen LogP contribution in [0.3, 0.4) is 0 Å². The number of aryl methyl sites for hydroxylation is 1. The van der Waals surface area contributed by atoms with Gasteiger partial charge in [-0.25, -0.2) is 9.59 Å². The van der Waals surface area contributed by atoms with Crippen molar-refractivity contribution in [2.24, 2.45) is 5.10 Å². The van der Waals surface area contributed by atoms with E-state index < -0.39 is 17.3 Å². The molecule has 1 N–H and O–H groups in total. The van der Waals surface area contributed by atoms with Crippen molar-refractivity contribution < 1.29 is 19.4 Å². The Morgan fingerprint density at radius 2 is 2.09 bits per heavy atom. The third-order valence-electron chi connectivity index (χ3n) is 5.37. The summed E-state index contributed by atoms with van der Waals surface area (Å²) >= 11 is 1.25. The fourth-order valence-corrected chi connectivity index (χ4v) is 4.86. The molecule has 0 radical (unpaired) electrons. The molecule has 11 heteroatoms. The summed E-state index contributed by atoms with van der Waals surface area (Å²) in [5.41, 5.74) is -0.862. The predicted octanol–water partition coefficient (Wildman–Crippen LogP) is 2.47. The lowest BCUT2D eigenvalue weighted by atomic mass is 10.1. The van der Waals surface area contributed by atoms with E-state index in [1.807, 2.05) is 0 Å². The van der Waals surface area contributed by atoms with Crippen LogP contribution in [0, 0.1) is 6.92 Å². The summed E-state index contributed by atoms with van der Waals surface area (Å²) in [4.78, 5) is 39.2. The van der Waals surface area contributed by atoms with E-state index in [0.717, 1.165) is 17.9 Å². The summed E-state index contributed by atoms with van der Waals surface area (Å²) in [7, 11) is 1.52. The highest BCUT2D eigenvalue weighted by Gasteiger charge is 2.27. The molecule has 1 aliphatic rings. The second kappa shape index (κ2) is 9.55. The number of hydrogen-bond donors (Lipinski definition) is 1. The number of amides is 1. The first-order chi connectivity index (χ1) is 15.1. The highest BCUT2D eigenvalue weighted by molar-refractivity contribution is 7.20. The minimum Gasteiger partial charge on any atom is -0.464 e. The van der Waals surface area contributed by atoms with Crippen LogP contribution in [0.25, 0.3) is 10.2 Å². The second-order valence-corrected chi connectivity index (χ2v) is 9.79. The van der Waals surface area contributed by atoms with Crippen molar-refractivity contribution in [2.45, 2.75) is 65.3 Å². The van der Waals surface area contributed by atoms with E-state index in [4.69, 9.17) is 9.47 Å². The zero-order valence-corrected chi connectivity index (χ0v) is 19.9. The van der Waals surface area contributed by atoms with Crippen molar-refractivity contribution in [2.75, 3.05) is 20.3 Å². The minimum absolute atomic E-state index is 0.0906. The molecule has 1 atom stereocenters. The van der Waals surface area contributed by atoms with Gasteiger partial charge in [-0.05, 0) is 46.1 Å². The van der Waals surface area contributed by atoms with Crippen LogP contribution in [0.15, 0.2) is 14.7 Å². The monoisotopic (exact) mass is 466 g/mol. The fourth-order valence-electron chi connectivity index (χ4n) is 3.69. The van der Waals surface area contributed by atoms with Crippen LogP contribution in [0.4, 0.5) is 4.79 Å². The average molecular weight is 467 g/mol. The molecule has 1 amide bonds. The van der Waals surface area contributed by atoms with Gasteiger partial charge in [0.25, 0.3) is 5.56 Å². The smallest absolute Gasteiger partial charge is 0.428 e. The molecule has 3 rings (SSSR count). The lowest BCUT2D eigenvalue weighted by Crippen LogP contribution is -2.42. The van der Waals surface area contributed by atoms with Gasteiger partial charge in [-0.15, -0.1) is 11.3 Å². The predicted molar refractivity (Wildman–Crippen MR) is 123 cm³/mol. The van der Waals surface area contributed by atoms with Crippen LogP contribution in [0.5, 0.6) is 0 Å². The Kier molecular flexibility index (Phi) is 7.21. The van der Waals surface area contributed by atoms with Gasteiger partial charge in [0.2, 0.25) is 0 Å². The number of methoxy groups -OCH3 is 1. The van der Waals surface area contributed by atoms with E-state index in [1.54, 1.807) is 32.3 Å². The van der Waals surface area contributed by atoms with Gasteiger partial charge in [0.05, 0.1) is 47.8 Å². The average Bonchev–Trinajstić information content (AvgIpc) is 3.32. The Morgan fingerprint density at radius 1 is 1.38 bits per heavy atom. The third kappa shape index (κ3) is 4.79. The molecule has 0 aromatic carbocycles. The molecule has 1 aliphatic heterocycles. The van der Waals surface area contributed by atoms with Crippen molar-refractivity contribution in [3.05, 3.63) is 31.3 Å². The number of ether oxygens (including phenoxy) is 2. The number of fused-ring (bicyclic) bond motifs is 1. The molecule has 1 saturated heterocycles. The zero-order valence-electron chi connectivity index (χ0n) is 19.1. The largest absolute Gasteiger partial charge is 0.464 e. The molecule has 0 bridgehead atoms. The highest BCUT2D eigenvalue weighted by Crippen LogP contribution is 2.28. The van der Waals surface area contributed by atoms with Crippen molar-refractivity contribution >= 4 is 33.9 Å². The molecule has 3 heterocycles. The Balaban J connectivity index is 2.17. The summed E-state index contributed by atoms with van der Waals surface area (Å²) in [5, 5.41) is 15.0. The molecule has 0 spiro atoms. The number of rotatable bonds is 7. The minimum atomic E-state index is -1.18. The number of carbonyl (C=O) groups is 1. The van der Waals surface area contributed by atoms with E-state index in [0.29, 0.717) is 33.8 Å². The van der Waals surface area contributed by atoms with Crippen molar-refractivity contribution in [1.82, 2.24) is 14.1 Å². The SMILES string of the molecule is COCCn1c(=O)c2c(C)c(C=NN(C(=O)O)C(C)(C)C)sc2n(CC2CCCO2)c1=O. The summed E-state index contributed by atoms with van der Waals surface area (Å²) in [6.07, 6.45) is 1.96. The molecule has 0 aliphatic carbocycles. The number of hydrogen-bond acceptors (Lipinski definition) is 7. The molecule has 2 aromatic heterocycles. The van der Waals surface area contributed by atoms with Gasteiger partial charge in [-0.3, -0.25) is 13.9 Å². The van der Waals surface area contributed by atoms with Gasteiger partial charge >= 0.3 is 11.8 Å². The lowest BCUT2D eigenvalue weighted by Gasteiger charge is -2.27. The molecule has 0 saturated carbocycles. The summed E-state index contributed by atoms with van der Waals surface area (Å²) in [6, 6.07) is 0. The molecule has 10 nitrogen and oxygen atoms in total. The van der Waals surface area contributed by atoms with Gasteiger partial charge in [-0.2, -0.15) is 10.1 Å². The molecular formula is C21H30N4O6S. The summed E-state index contributed by atoms with van der Waals surface area (Å²) in [5.74, 6) is 0. The van der Waals surface area contributed by atoms with Gasteiger partial charge in [0.1, 0.15) is 4.83 Å². The Labute approximate surface area is 189 Å². The van der Waals surface area contributed by atoms with Crippen LogP contribution in [0.1, 0.15) is 44.1 Å². The normalized spacial score (nSPS) is 17.0. The fraction of sp³-hybridized carbons (Fsp3) is 0.619. The maximum atomic E-state index is 13.2. The van der Waals surface area contributed by atoms with Crippen molar-refractivity contribution in [3.63, 3.8) is 0 Å². The van der Waals surface area contributed by atoms with Crippen LogP contribution < -0.4 is 11.2 Å². The van der Waals surface area contributed by atoms with Crippen LogP contribution in [0.2, 0.25) is 0 Å². The maximum Gasteiger partial charge on any atom is 0.428 e. The molecule has 1 fully saturated rings. The van der Waals surface area contributed by atoms with Gasteiger partial charge in [-0.1, -0.05) is 0 Å². The van der Waals surface area contributed by atoms with E-state index >= 15 is 0 Å². The summed E-state index contributed by atoms with van der Waals surface area (Å²) < 4.78 is 13.6. The number of thiophene rings is 1. The first-order valence-electron chi connectivity index (χ1n) is 10.5. The summed E-state index contributed by atoms with van der Waals surface area (Å²) in [6.45, 7) is 8.39. The molecule has 2 aromatic rings. The number of nitrogens with zero attached hydrogens (tertiary/aromatic N) is 4. The Hall–Kier alpha value is -2.50. The van der Waals surface area contributed by atoms with Crippen LogP contribution in [-0.4, -0.2) is 63.5 Å². The quantitative estimate of drug-likeness (QED) is 0.495. The van der Waals surface area contributed by atoms with E-state index in [1.165, 1.54) is 29.2 Å². The maximum absolute atomic E-state index is 13.2. The highest BCUT2D eigenvalue weighted by atomic mass is 32.1. The van der Waals surface area contributed by atoms with Gasteiger partial charge < -0.3 is 14.6 Å². The van der Waals surface area contributed by atoms with Crippen molar-refractivity contribution in [1.29, 1.82) is 0 Å². The first kappa shape index (κ1) is 24.1. The number of aromatic nitrogens is 2. The van der Waals surface area contributed by atoms with Gasteiger partial charge in [0, 0.05) is 13.7 Å². The molecule has 176 valence electrons. The molecule has 32 heavy (non-hydrogen) atoms. The molecule has 1 unspecified atom stereocenters. The first-order valence-corrected chi connectivity index (χ1v) is 11.3.